The molecule has 3 heterocycles. The van der Waals surface area contributed by atoms with E-state index in [2.05, 4.69) is 45.6 Å². The van der Waals surface area contributed by atoms with Crippen LogP contribution in [0.4, 0.5) is 5.95 Å². The van der Waals surface area contributed by atoms with Crippen molar-refractivity contribution in [2.24, 2.45) is 7.05 Å². The van der Waals surface area contributed by atoms with Gasteiger partial charge in [-0.2, -0.15) is 15.2 Å². The highest BCUT2D eigenvalue weighted by Gasteiger charge is 2.25. The summed E-state index contributed by atoms with van der Waals surface area (Å²) in [5.41, 5.74) is 4.42. The van der Waals surface area contributed by atoms with Crippen LogP contribution in [0.5, 0.6) is 0 Å². The lowest BCUT2D eigenvalue weighted by atomic mass is 10.0. The van der Waals surface area contributed by atoms with Crippen LogP contribution >= 0.6 is 0 Å². The maximum atomic E-state index is 4.35. The molecular formula is C16H16N6. The fraction of sp³-hybridized carbons (Fsp3) is 0.188. The fourth-order valence-corrected chi connectivity index (χ4v) is 2.75. The summed E-state index contributed by atoms with van der Waals surface area (Å²) in [6.45, 7) is 2.07. The van der Waals surface area contributed by atoms with Crippen molar-refractivity contribution in [3.63, 3.8) is 0 Å². The normalized spacial score (nSPS) is 16.8. The Labute approximate surface area is 128 Å². The van der Waals surface area contributed by atoms with Crippen LogP contribution in [0.2, 0.25) is 0 Å². The molecule has 1 N–H and O–H groups in total. The van der Waals surface area contributed by atoms with E-state index in [1.807, 2.05) is 40.8 Å². The van der Waals surface area contributed by atoms with E-state index < -0.39 is 0 Å². The minimum Gasteiger partial charge on any atom is -0.324 e. The topological polar surface area (TPSA) is 60.6 Å². The predicted octanol–water partition coefficient (Wildman–Crippen LogP) is 2.38. The summed E-state index contributed by atoms with van der Waals surface area (Å²) >= 11 is 0. The first-order valence-corrected chi connectivity index (χ1v) is 7.16. The van der Waals surface area contributed by atoms with Gasteiger partial charge in [-0.05, 0) is 18.6 Å². The quantitative estimate of drug-likeness (QED) is 0.788. The Morgan fingerprint density at radius 2 is 1.95 bits per heavy atom. The van der Waals surface area contributed by atoms with Gasteiger partial charge < -0.3 is 5.32 Å². The van der Waals surface area contributed by atoms with E-state index in [1.165, 1.54) is 0 Å². The lowest BCUT2D eigenvalue weighted by molar-refractivity contribution is 0.607. The monoisotopic (exact) mass is 292 g/mol. The van der Waals surface area contributed by atoms with Gasteiger partial charge in [0.15, 0.2) is 0 Å². The van der Waals surface area contributed by atoms with Gasteiger partial charge >= 0.3 is 0 Å². The van der Waals surface area contributed by atoms with Crippen LogP contribution < -0.4 is 5.32 Å². The Balaban J connectivity index is 1.85. The first-order chi connectivity index (χ1) is 10.7. The van der Waals surface area contributed by atoms with E-state index in [1.54, 1.807) is 6.33 Å². The van der Waals surface area contributed by atoms with Crippen LogP contribution in [0.25, 0.3) is 5.70 Å². The number of hydrogen-bond acceptors (Lipinski definition) is 4. The van der Waals surface area contributed by atoms with Crippen LogP contribution in [-0.2, 0) is 7.05 Å². The Kier molecular flexibility index (Phi) is 2.82. The zero-order chi connectivity index (χ0) is 15.1. The third-order valence-corrected chi connectivity index (χ3v) is 4.08. The molecule has 0 saturated heterocycles. The summed E-state index contributed by atoms with van der Waals surface area (Å²) in [6.07, 6.45) is 5.64. The minimum atomic E-state index is -0.0114. The average molecular weight is 292 g/mol. The number of rotatable bonds is 2. The van der Waals surface area contributed by atoms with Crippen molar-refractivity contribution in [1.29, 1.82) is 0 Å². The van der Waals surface area contributed by atoms with Crippen molar-refractivity contribution >= 4 is 11.6 Å². The summed E-state index contributed by atoms with van der Waals surface area (Å²) in [4.78, 5) is 4.32. The molecule has 1 aliphatic heterocycles. The Morgan fingerprint density at radius 1 is 1.14 bits per heavy atom. The molecule has 4 rings (SSSR count). The molecule has 2 aromatic heterocycles. The highest BCUT2D eigenvalue weighted by Crippen LogP contribution is 2.32. The van der Waals surface area contributed by atoms with Crippen molar-refractivity contribution in [2.75, 3.05) is 5.32 Å². The standard InChI is InChI=1S/C16H16N6/c1-11-13(9-18-21(11)2)15-8-14(12-6-4-3-5-7-12)20-16-17-10-19-22(15)16/h3-10,15H,1-2H3,(H,17,19,20)/t15-/m0/s1. The highest BCUT2D eigenvalue weighted by atomic mass is 15.4. The first-order valence-electron chi connectivity index (χ1n) is 7.16. The third kappa shape index (κ3) is 1.92. The van der Waals surface area contributed by atoms with E-state index in [0.29, 0.717) is 0 Å². The van der Waals surface area contributed by atoms with Crippen molar-refractivity contribution in [2.45, 2.75) is 13.0 Å². The van der Waals surface area contributed by atoms with Gasteiger partial charge in [0.25, 0.3) is 0 Å². The second-order valence-electron chi connectivity index (χ2n) is 5.35. The van der Waals surface area contributed by atoms with E-state index in [0.717, 1.165) is 28.5 Å². The molecule has 1 aliphatic rings. The van der Waals surface area contributed by atoms with Crippen molar-refractivity contribution in [3.8, 4) is 0 Å². The number of fused-ring (bicyclic) bond motifs is 1. The van der Waals surface area contributed by atoms with Gasteiger partial charge in [-0.15, -0.1) is 0 Å². The second kappa shape index (κ2) is 4.84. The second-order valence-corrected chi connectivity index (χ2v) is 5.35. The molecule has 110 valence electrons. The minimum absolute atomic E-state index is 0.0114. The van der Waals surface area contributed by atoms with Crippen molar-refractivity contribution in [3.05, 3.63) is 65.8 Å². The summed E-state index contributed by atoms with van der Waals surface area (Å²) in [5, 5.41) is 12.0. The highest BCUT2D eigenvalue weighted by molar-refractivity contribution is 5.77. The van der Waals surface area contributed by atoms with Crippen LogP contribution in [0.1, 0.15) is 22.9 Å². The Hall–Kier alpha value is -2.89. The molecule has 0 aliphatic carbocycles. The van der Waals surface area contributed by atoms with Crippen LogP contribution in [0, 0.1) is 6.92 Å². The van der Waals surface area contributed by atoms with Crippen molar-refractivity contribution in [1.82, 2.24) is 24.5 Å². The van der Waals surface area contributed by atoms with Crippen molar-refractivity contribution < 1.29 is 0 Å². The average Bonchev–Trinajstić information content (AvgIpc) is 3.15. The van der Waals surface area contributed by atoms with E-state index >= 15 is 0 Å². The van der Waals surface area contributed by atoms with Gasteiger partial charge in [0, 0.05) is 24.0 Å². The zero-order valence-electron chi connectivity index (χ0n) is 12.4. The van der Waals surface area contributed by atoms with E-state index in [4.69, 9.17) is 0 Å². The number of aryl methyl sites for hydroxylation is 1. The molecule has 0 bridgehead atoms. The number of aromatic nitrogens is 5. The molecule has 1 aromatic carbocycles. The molecule has 0 radical (unpaired) electrons. The third-order valence-electron chi connectivity index (χ3n) is 4.08. The number of anilines is 1. The van der Waals surface area contributed by atoms with E-state index in [-0.39, 0.29) is 6.04 Å². The summed E-state index contributed by atoms with van der Waals surface area (Å²) < 4.78 is 3.76. The van der Waals surface area contributed by atoms with Gasteiger partial charge in [-0.1, -0.05) is 30.3 Å². The smallest absolute Gasteiger partial charge is 0.226 e. The lowest BCUT2D eigenvalue weighted by Gasteiger charge is -2.24. The Morgan fingerprint density at radius 3 is 2.68 bits per heavy atom. The number of allylic oxidation sites excluding steroid dienone is 1. The molecule has 1 atom stereocenters. The summed E-state index contributed by atoms with van der Waals surface area (Å²) in [7, 11) is 1.95. The summed E-state index contributed by atoms with van der Waals surface area (Å²) in [5.74, 6) is 0.745. The largest absolute Gasteiger partial charge is 0.324 e. The SMILES string of the molecule is Cc1c([C@@H]2C=C(c3ccccc3)Nc3ncnn32)cnn1C. The van der Waals surface area contributed by atoms with Gasteiger partial charge in [0.2, 0.25) is 5.95 Å². The molecule has 0 amide bonds. The molecule has 0 fully saturated rings. The lowest BCUT2D eigenvalue weighted by Crippen LogP contribution is -2.20. The first kappa shape index (κ1) is 12.8. The van der Waals surface area contributed by atoms with Gasteiger partial charge in [-0.25, -0.2) is 4.68 Å². The van der Waals surface area contributed by atoms with E-state index in [9.17, 15) is 0 Å². The maximum Gasteiger partial charge on any atom is 0.226 e. The molecule has 6 heteroatoms. The Bertz CT molecular complexity index is 843. The number of hydrogen-bond donors (Lipinski definition) is 1. The molecule has 3 aromatic rings. The molecular weight excluding hydrogens is 276 g/mol. The van der Waals surface area contributed by atoms with Gasteiger partial charge in [0.1, 0.15) is 12.4 Å². The van der Waals surface area contributed by atoms with Gasteiger partial charge in [0.05, 0.1) is 6.20 Å². The van der Waals surface area contributed by atoms with Crippen LogP contribution in [0.15, 0.2) is 48.9 Å². The molecule has 0 saturated carbocycles. The number of benzene rings is 1. The molecule has 6 nitrogen and oxygen atoms in total. The molecule has 0 unspecified atom stereocenters. The predicted molar refractivity (Wildman–Crippen MR) is 84.1 cm³/mol. The number of nitrogens with zero attached hydrogens (tertiary/aromatic N) is 5. The number of nitrogens with one attached hydrogen (secondary N) is 1. The fourth-order valence-electron chi connectivity index (χ4n) is 2.75. The van der Waals surface area contributed by atoms with Crippen LogP contribution in [0.3, 0.4) is 0 Å². The van der Waals surface area contributed by atoms with Crippen LogP contribution in [-0.4, -0.2) is 24.5 Å². The summed E-state index contributed by atoms with van der Waals surface area (Å²) in [6, 6.07) is 10.2. The molecule has 22 heavy (non-hydrogen) atoms. The van der Waals surface area contributed by atoms with Gasteiger partial charge in [-0.3, -0.25) is 4.68 Å². The molecule has 0 spiro atoms. The zero-order valence-corrected chi connectivity index (χ0v) is 12.4. The maximum absolute atomic E-state index is 4.35.